The summed E-state index contributed by atoms with van der Waals surface area (Å²) in [6, 6.07) is 10.2. The number of carbonyl (C=O) groups excluding carboxylic acids is 2. The van der Waals surface area contributed by atoms with E-state index >= 15 is 0 Å². The molecule has 2 N–H and O–H groups in total. The molecule has 2 aromatic rings. The Morgan fingerprint density at radius 3 is 2.21 bits per heavy atom. The fourth-order valence-corrected chi connectivity index (χ4v) is 3.52. The number of phenols is 1. The van der Waals surface area contributed by atoms with E-state index in [-0.39, 0.29) is 26.5 Å². The molecule has 1 aliphatic heterocycles. The molecule has 1 aliphatic rings. The van der Waals surface area contributed by atoms with Crippen LogP contribution in [0.25, 0.3) is 6.08 Å². The van der Waals surface area contributed by atoms with Gasteiger partial charge in [-0.2, -0.15) is 0 Å². The molecular weight excluding hydrogens is 419 g/mol. The summed E-state index contributed by atoms with van der Waals surface area (Å²) in [6.07, 6.45) is 1.35. The molecule has 0 unspecified atom stereocenters. The van der Waals surface area contributed by atoms with Crippen LogP contribution in [0.5, 0.6) is 5.75 Å². The Kier molecular flexibility index (Phi) is 5.74. The number of amides is 2. The number of carbonyl (C=O) groups is 2. The number of thiocarbonyl (C=S) groups is 1. The Bertz CT molecular complexity index is 994. The van der Waals surface area contributed by atoms with Crippen molar-refractivity contribution in [2.75, 3.05) is 4.90 Å². The van der Waals surface area contributed by atoms with E-state index in [0.29, 0.717) is 17.2 Å². The van der Waals surface area contributed by atoms with Gasteiger partial charge in [-0.1, -0.05) is 49.2 Å². The highest BCUT2D eigenvalue weighted by atomic mass is 35.5. The van der Waals surface area contributed by atoms with Crippen LogP contribution in [0.3, 0.4) is 0 Å². The summed E-state index contributed by atoms with van der Waals surface area (Å²) in [5, 5.41) is 12.2. The standard InChI is InChI=1S/C20H16Cl2N2O3S/c1-10(2)12-3-5-13(6-4-12)24-19(27)14(18(26)23-20(24)28)7-11-8-15(21)17(25)16(22)9-11/h3-10,25H,1-2H3,(H,23,26,28). The smallest absolute Gasteiger partial charge is 0.270 e. The topological polar surface area (TPSA) is 69.6 Å². The lowest BCUT2D eigenvalue weighted by Crippen LogP contribution is -2.54. The average molecular weight is 435 g/mol. The molecule has 1 heterocycles. The van der Waals surface area contributed by atoms with E-state index in [1.807, 2.05) is 12.1 Å². The van der Waals surface area contributed by atoms with Crippen molar-refractivity contribution in [2.24, 2.45) is 0 Å². The van der Waals surface area contributed by atoms with Gasteiger partial charge >= 0.3 is 0 Å². The van der Waals surface area contributed by atoms with Crippen LogP contribution in [0.15, 0.2) is 42.0 Å². The third-order valence-corrected chi connectivity index (χ3v) is 5.13. The predicted octanol–water partition coefficient (Wildman–Crippen LogP) is 4.65. The van der Waals surface area contributed by atoms with Gasteiger partial charge in [0, 0.05) is 0 Å². The monoisotopic (exact) mass is 434 g/mol. The van der Waals surface area contributed by atoms with E-state index < -0.39 is 11.8 Å². The van der Waals surface area contributed by atoms with Crippen molar-refractivity contribution in [3.05, 3.63) is 63.1 Å². The van der Waals surface area contributed by atoms with Gasteiger partial charge in [-0.15, -0.1) is 0 Å². The predicted molar refractivity (Wildman–Crippen MR) is 115 cm³/mol. The van der Waals surface area contributed by atoms with Crippen LogP contribution < -0.4 is 10.2 Å². The Labute approximate surface area is 177 Å². The third-order valence-electron chi connectivity index (χ3n) is 4.27. The highest BCUT2D eigenvalue weighted by Crippen LogP contribution is 2.34. The lowest BCUT2D eigenvalue weighted by atomic mass is 10.0. The second-order valence-electron chi connectivity index (χ2n) is 6.54. The summed E-state index contributed by atoms with van der Waals surface area (Å²) < 4.78 is 0. The Hall–Kier alpha value is -2.41. The average Bonchev–Trinajstić information content (AvgIpc) is 2.63. The van der Waals surface area contributed by atoms with Crippen molar-refractivity contribution in [3.63, 3.8) is 0 Å². The summed E-state index contributed by atoms with van der Waals surface area (Å²) in [5.41, 5.74) is 1.94. The van der Waals surface area contributed by atoms with Gasteiger partial charge in [0.25, 0.3) is 11.8 Å². The molecule has 0 aliphatic carbocycles. The molecule has 1 saturated heterocycles. The molecule has 0 atom stereocenters. The van der Waals surface area contributed by atoms with Gasteiger partial charge in [0.05, 0.1) is 15.7 Å². The van der Waals surface area contributed by atoms with Gasteiger partial charge in [0.1, 0.15) is 5.57 Å². The number of nitrogens with one attached hydrogen (secondary N) is 1. The number of halogens is 2. The molecule has 2 amide bonds. The molecule has 5 nitrogen and oxygen atoms in total. The van der Waals surface area contributed by atoms with Crippen LogP contribution >= 0.6 is 35.4 Å². The first-order valence-electron chi connectivity index (χ1n) is 8.38. The fourth-order valence-electron chi connectivity index (χ4n) is 2.74. The minimum atomic E-state index is -0.620. The van der Waals surface area contributed by atoms with E-state index in [1.165, 1.54) is 23.1 Å². The van der Waals surface area contributed by atoms with Crippen LogP contribution in [0, 0.1) is 0 Å². The molecule has 0 spiro atoms. The molecule has 0 bridgehead atoms. The molecule has 3 rings (SSSR count). The van der Waals surface area contributed by atoms with Crippen LogP contribution in [-0.4, -0.2) is 22.0 Å². The van der Waals surface area contributed by atoms with Crippen LogP contribution in [0.2, 0.25) is 10.0 Å². The Balaban J connectivity index is 2.00. The van der Waals surface area contributed by atoms with Gasteiger partial charge < -0.3 is 5.11 Å². The van der Waals surface area contributed by atoms with Crippen LogP contribution in [0.1, 0.15) is 30.9 Å². The zero-order valence-electron chi connectivity index (χ0n) is 15.0. The van der Waals surface area contributed by atoms with Gasteiger partial charge in [-0.05, 0) is 59.6 Å². The van der Waals surface area contributed by atoms with E-state index in [0.717, 1.165) is 5.56 Å². The van der Waals surface area contributed by atoms with Crippen molar-refractivity contribution >= 4 is 64.1 Å². The maximum absolute atomic E-state index is 13.0. The van der Waals surface area contributed by atoms with Crippen molar-refractivity contribution in [1.29, 1.82) is 0 Å². The van der Waals surface area contributed by atoms with E-state index in [2.05, 4.69) is 19.2 Å². The second-order valence-corrected chi connectivity index (χ2v) is 7.74. The fraction of sp³-hybridized carbons (Fsp3) is 0.150. The summed E-state index contributed by atoms with van der Waals surface area (Å²) in [4.78, 5) is 26.6. The first-order valence-corrected chi connectivity index (χ1v) is 9.55. The molecule has 28 heavy (non-hydrogen) atoms. The molecule has 144 valence electrons. The second kappa shape index (κ2) is 7.91. The zero-order valence-corrected chi connectivity index (χ0v) is 17.3. The first-order chi connectivity index (χ1) is 13.2. The number of nitrogens with zero attached hydrogens (tertiary/aromatic N) is 1. The number of anilines is 1. The molecule has 0 aromatic heterocycles. The normalized spacial score (nSPS) is 16.1. The van der Waals surface area contributed by atoms with E-state index in [4.69, 9.17) is 35.4 Å². The minimum absolute atomic E-state index is 0.00576. The lowest BCUT2D eigenvalue weighted by Gasteiger charge is -2.29. The van der Waals surface area contributed by atoms with Gasteiger partial charge in [-0.3, -0.25) is 19.8 Å². The van der Waals surface area contributed by atoms with Crippen LogP contribution in [0.4, 0.5) is 5.69 Å². The summed E-state index contributed by atoms with van der Waals surface area (Å²) >= 11 is 17.0. The molecule has 8 heteroatoms. The van der Waals surface area contributed by atoms with Gasteiger partial charge in [0.15, 0.2) is 10.9 Å². The highest BCUT2D eigenvalue weighted by molar-refractivity contribution is 7.80. The number of benzene rings is 2. The Morgan fingerprint density at radius 2 is 1.68 bits per heavy atom. The van der Waals surface area contributed by atoms with E-state index in [9.17, 15) is 14.7 Å². The van der Waals surface area contributed by atoms with Crippen molar-refractivity contribution < 1.29 is 14.7 Å². The lowest BCUT2D eigenvalue weighted by molar-refractivity contribution is -0.122. The maximum Gasteiger partial charge on any atom is 0.270 e. The summed E-state index contributed by atoms with van der Waals surface area (Å²) in [7, 11) is 0. The van der Waals surface area contributed by atoms with Crippen LogP contribution in [-0.2, 0) is 9.59 Å². The number of rotatable bonds is 3. The Morgan fingerprint density at radius 1 is 1.11 bits per heavy atom. The zero-order chi connectivity index (χ0) is 20.6. The molecule has 2 aromatic carbocycles. The van der Waals surface area contributed by atoms with Crippen molar-refractivity contribution in [3.8, 4) is 5.75 Å². The van der Waals surface area contributed by atoms with E-state index in [1.54, 1.807) is 12.1 Å². The SMILES string of the molecule is CC(C)c1ccc(N2C(=O)C(=Cc3cc(Cl)c(O)c(Cl)c3)C(=O)NC2=S)cc1. The van der Waals surface area contributed by atoms with Crippen molar-refractivity contribution in [2.45, 2.75) is 19.8 Å². The molecular formula is C20H16Cl2N2O3S. The largest absolute Gasteiger partial charge is 0.505 e. The first kappa shape index (κ1) is 20.3. The number of hydrogen-bond donors (Lipinski definition) is 2. The summed E-state index contributed by atoms with van der Waals surface area (Å²) in [6.45, 7) is 4.14. The third kappa shape index (κ3) is 3.90. The molecule has 1 fully saturated rings. The minimum Gasteiger partial charge on any atom is -0.505 e. The highest BCUT2D eigenvalue weighted by Gasteiger charge is 2.34. The molecule has 0 radical (unpaired) electrons. The van der Waals surface area contributed by atoms with Crippen molar-refractivity contribution in [1.82, 2.24) is 5.32 Å². The number of hydrogen-bond acceptors (Lipinski definition) is 4. The number of phenolic OH excluding ortho intramolecular Hbond substituents is 1. The number of aromatic hydroxyl groups is 1. The van der Waals surface area contributed by atoms with Gasteiger partial charge in [-0.25, -0.2) is 0 Å². The molecule has 0 saturated carbocycles. The maximum atomic E-state index is 13.0. The quantitative estimate of drug-likeness (QED) is 0.418. The summed E-state index contributed by atoms with van der Waals surface area (Å²) in [5.74, 6) is -1.10. The van der Waals surface area contributed by atoms with Gasteiger partial charge in [0.2, 0.25) is 0 Å².